The molecule has 0 saturated heterocycles. The molecule has 2 N–H and O–H groups in total. The molecule has 0 amide bonds. The van der Waals surface area contributed by atoms with Crippen molar-refractivity contribution in [2.24, 2.45) is 17.1 Å². The first kappa shape index (κ1) is 21.7. The zero-order valence-electron chi connectivity index (χ0n) is 15.9. The number of hydrogen-bond acceptors (Lipinski definition) is 2. The maximum absolute atomic E-state index is 5.68. The first-order chi connectivity index (χ1) is 10.4. The third-order valence-corrected chi connectivity index (χ3v) is 6.00. The van der Waals surface area contributed by atoms with Gasteiger partial charge in [0.25, 0.3) is 0 Å². The Bertz CT molecular complexity index is 364. The highest BCUT2D eigenvalue weighted by molar-refractivity contribution is 7.10. The van der Waals surface area contributed by atoms with Gasteiger partial charge in [-0.05, 0) is 67.5 Å². The lowest BCUT2D eigenvalue weighted by Gasteiger charge is -2.30. The minimum atomic E-state index is 0.507. The van der Waals surface area contributed by atoms with Gasteiger partial charge in [0.05, 0.1) is 0 Å². The molecule has 2 heteroatoms. The highest BCUT2D eigenvalue weighted by Crippen LogP contribution is 2.34. The van der Waals surface area contributed by atoms with Crippen molar-refractivity contribution in [2.75, 3.05) is 6.54 Å². The molecule has 0 spiro atoms. The minimum absolute atomic E-state index is 0.507. The lowest BCUT2D eigenvalue weighted by Crippen LogP contribution is -2.21. The van der Waals surface area contributed by atoms with E-state index in [4.69, 9.17) is 5.73 Å². The van der Waals surface area contributed by atoms with Crippen LogP contribution in [0.3, 0.4) is 0 Å². The van der Waals surface area contributed by atoms with Crippen LogP contribution in [0.5, 0.6) is 0 Å². The number of hydrogen-bond donors (Lipinski definition) is 1. The standard InChI is InChI=1S/C13H29N.C7H10S/c1-5-8-13(4,10-11-14)9-7-12(3)6-2;1-3-7-6(2)4-5-8-7/h12H,5-11,14H2,1-4H3;4-5H,3H2,1-2H3. The average molecular weight is 326 g/mol. The fourth-order valence-corrected chi connectivity index (χ4v) is 3.75. The molecule has 0 aliphatic rings. The van der Waals surface area contributed by atoms with Gasteiger partial charge in [-0.1, -0.05) is 53.9 Å². The van der Waals surface area contributed by atoms with Gasteiger partial charge in [-0.3, -0.25) is 0 Å². The molecular formula is C20H39NS. The highest BCUT2D eigenvalue weighted by atomic mass is 32.1. The summed E-state index contributed by atoms with van der Waals surface area (Å²) >= 11 is 1.85. The summed E-state index contributed by atoms with van der Waals surface area (Å²) in [5, 5.41) is 2.15. The quantitative estimate of drug-likeness (QED) is 0.544. The fourth-order valence-electron chi connectivity index (χ4n) is 2.89. The van der Waals surface area contributed by atoms with Gasteiger partial charge in [-0.15, -0.1) is 11.3 Å². The van der Waals surface area contributed by atoms with E-state index in [1.165, 1.54) is 55.4 Å². The second-order valence-corrected chi connectivity index (χ2v) is 8.03. The Morgan fingerprint density at radius 3 is 2.23 bits per heavy atom. The normalized spacial score (nSPS) is 14.9. The SMILES string of the molecule is CCCC(C)(CCN)CCC(C)CC.CCc1sccc1C. The summed E-state index contributed by atoms with van der Waals surface area (Å²) in [6.07, 6.45) is 9.03. The zero-order valence-corrected chi connectivity index (χ0v) is 16.7. The van der Waals surface area contributed by atoms with Gasteiger partial charge in [0, 0.05) is 4.88 Å². The van der Waals surface area contributed by atoms with Crippen LogP contribution in [0.25, 0.3) is 0 Å². The summed E-state index contributed by atoms with van der Waals surface area (Å²) < 4.78 is 0. The summed E-state index contributed by atoms with van der Waals surface area (Å²) in [4.78, 5) is 1.52. The topological polar surface area (TPSA) is 26.0 Å². The van der Waals surface area contributed by atoms with E-state index in [0.29, 0.717) is 5.41 Å². The number of rotatable bonds is 9. The third kappa shape index (κ3) is 8.95. The van der Waals surface area contributed by atoms with E-state index in [-0.39, 0.29) is 0 Å². The van der Waals surface area contributed by atoms with E-state index in [1.54, 1.807) is 0 Å². The van der Waals surface area contributed by atoms with Crippen molar-refractivity contribution < 1.29 is 0 Å². The molecule has 0 aliphatic carbocycles. The fraction of sp³-hybridized carbons (Fsp3) is 0.800. The monoisotopic (exact) mass is 325 g/mol. The molecule has 0 aliphatic heterocycles. The van der Waals surface area contributed by atoms with Gasteiger partial charge < -0.3 is 5.73 Å². The first-order valence-corrected chi connectivity index (χ1v) is 10.0. The van der Waals surface area contributed by atoms with Crippen molar-refractivity contribution in [3.8, 4) is 0 Å². The second kappa shape index (κ2) is 12.1. The van der Waals surface area contributed by atoms with Crippen LogP contribution >= 0.6 is 11.3 Å². The van der Waals surface area contributed by atoms with Crippen LogP contribution in [0.4, 0.5) is 0 Å². The van der Waals surface area contributed by atoms with E-state index in [2.05, 4.69) is 53.0 Å². The second-order valence-electron chi connectivity index (χ2n) is 7.03. The van der Waals surface area contributed by atoms with Gasteiger partial charge >= 0.3 is 0 Å². The first-order valence-electron chi connectivity index (χ1n) is 9.15. The molecule has 130 valence electrons. The van der Waals surface area contributed by atoms with Crippen molar-refractivity contribution in [2.45, 2.75) is 86.5 Å². The van der Waals surface area contributed by atoms with Gasteiger partial charge in [-0.25, -0.2) is 0 Å². The van der Waals surface area contributed by atoms with Crippen molar-refractivity contribution in [1.82, 2.24) is 0 Å². The minimum Gasteiger partial charge on any atom is -0.330 e. The molecule has 1 aromatic rings. The van der Waals surface area contributed by atoms with Crippen molar-refractivity contribution >= 4 is 11.3 Å². The van der Waals surface area contributed by atoms with E-state index in [0.717, 1.165) is 12.5 Å². The van der Waals surface area contributed by atoms with Crippen LogP contribution in [-0.2, 0) is 6.42 Å². The Kier molecular flexibility index (Phi) is 11.9. The molecule has 0 aromatic carbocycles. The third-order valence-electron chi connectivity index (χ3n) is 4.83. The summed E-state index contributed by atoms with van der Waals surface area (Å²) in [5.41, 5.74) is 7.63. The molecule has 22 heavy (non-hydrogen) atoms. The molecule has 1 aromatic heterocycles. The molecule has 2 atom stereocenters. The lowest BCUT2D eigenvalue weighted by atomic mass is 9.76. The molecule has 0 saturated carbocycles. The summed E-state index contributed by atoms with van der Waals surface area (Å²) in [5.74, 6) is 0.879. The molecular weight excluding hydrogens is 286 g/mol. The Labute approximate surface area is 143 Å². The van der Waals surface area contributed by atoms with Gasteiger partial charge in [0.15, 0.2) is 0 Å². The summed E-state index contributed by atoms with van der Waals surface area (Å²) in [6, 6.07) is 2.17. The largest absolute Gasteiger partial charge is 0.330 e. The predicted octanol–water partition coefficient (Wildman–Crippen LogP) is 6.59. The van der Waals surface area contributed by atoms with E-state index >= 15 is 0 Å². The van der Waals surface area contributed by atoms with Crippen LogP contribution in [0.15, 0.2) is 11.4 Å². The number of aryl methyl sites for hydroxylation is 2. The molecule has 0 bridgehead atoms. The smallest absolute Gasteiger partial charge is 0.00716 e. The van der Waals surface area contributed by atoms with Gasteiger partial charge in [-0.2, -0.15) is 0 Å². The van der Waals surface area contributed by atoms with Crippen LogP contribution < -0.4 is 5.73 Å². The Balaban J connectivity index is 0.000000461. The molecule has 0 fully saturated rings. The van der Waals surface area contributed by atoms with Crippen LogP contribution in [0.2, 0.25) is 0 Å². The Hall–Kier alpha value is -0.340. The van der Waals surface area contributed by atoms with Crippen LogP contribution in [-0.4, -0.2) is 6.54 Å². The molecule has 1 rings (SSSR count). The maximum Gasteiger partial charge on any atom is 0.00716 e. The zero-order chi connectivity index (χ0) is 17.0. The molecule has 1 heterocycles. The molecule has 0 radical (unpaired) electrons. The summed E-state index contributed by atoms with van der Waals surface area (Å²) in [7, 11) is 0. The molecule has 2 unspecified atom stereocenters. The summed E-state index contributed by atoms with van der Waals surface area (Å²) in [6.45, 7) is 14.5. The van der Waals surface area contributed by atoms with Crippen LogP contribution in [0, 0.1) is 18.3 Å². The average Bonchev–Trinajstić information content (AvgIpc) is 2.91. The van der Waals surface area contributed by atoms with E-state index < -0.39 is 0 Å². The van der Waals surface area contributed by atoms with E-state index in [1.807, 2.05) is 11.3 Å². The maximum atomic E-state index is 5.68. The van der Waals surface area contributed by atoms with Gasteiger partial charge in [0.1, 0.15) is 0 Å². The van der Waals surface area contributed by atoms with E-state index in [9.17, 15) is 0 Å². The lowest BCUT2D eigenvalue weighted by molar-refractivity contribution is 0.228. The Morgan fingerprint density at radius 2 is 1.86 bits per heavy atom. The van der Waals surface area contributed by atoms with Crippen molar-refractivity contribution in [1.29, 1.82) is 0 Å². The van der Waals surface area contributed by atoms with Crippen LogP contribution in [0.1, 0.15) is 83.6 Å². The highest BCUT2D eigenvalue weighted by Gasteiger charge is 2.22. The van der Waals surface area contributed by atoms with Crippen molar-refractivity contribution in [3.05, 3.63) is 21.9 Å². The predicted molar refractivity (Wildman–Crippen MR) is 104 cm³/mol. The number of nitrogens with two attached hydrogens (primary N) is 1. The number of thiophene rings is 1. The Morgan fingerprint density at radius 1 is 1.18 bits per heavy atom. The van der Waals surface area contributed by atoms with Gasteiger partial charge in [0.2, 0.25) is 0 Å². The van der Waals surface area contributed by atoms with Crippen molar-refractivity contribution in [3.63, 3.8) is 0 Å². The molecule has 1 nitrogen and oxygen atoms in total.